The van der Waals surface area contributed by atoms with Gasteiger partial charge in [0.15, 0.2) is 0 Å². The Balaban J connectivity index is 2.60. The molecule has 0 bridgehead atoms. The normalized spacial score (nSPS) is 33.2. The Bertz CT molecular complexity index is 167. The minimum atomic E-state index is 0.216. The van der Waals surface area contributed by atoms with Crippen LogP contribution in [0.2, 0.25) is 0 Å². The van der Waals surface area contributed by atoms with Gasteiger partial charge in [-0.05, 0) is 25.2 Å². The van der Waals surface area contributed by atoms with Gasteiger partial charge in [0.2, 0.25) is 0 Å². The molecular formula is C11H23NO. The Labute approximate surface area is 81.7 Å². The summed E-state index contributed by atoms with van der Waals surface area (Å²) in [5.74, 6) is 0. The van der Waals surface area contributed by atoms with E-state index in [0.29, 0.717) is 5.41 Å². The first-order valence-corrected chi connectivity index (χ1v) is 5.38. The average Bonchev–Trinajstić information content (AvgIpc) is 2.07. The molecule has 1 atom stereocenters. The molecule has 1 aliphatic carbocycles. The first kappa shape index (κ1) is 11.0. The third kappa shape index (κ3) is 2.23. The lowest BCUT2D eigenvalue weighted by molar-refractivity contribution is 0.0732. The van der Waals surface area contributed by atoms with E-state index in [0.717, 1.165) is 6.54 Å². The summed E-state index contributed by atoms with van der Waals surface area (Å²) in [7, 11) is 0. The number of hydrogen-bond acceptors (Lipinski definition) is 2. The Morgan fingerprint density at radius 2 is 1.77 bits per heavy atom. The van der Waals surface area contributed by atoms with Crippen molar-refractivity contribution in [3.63, 3.8) is 0 Å². The molecule has 0 heterocycles. The molecule has 0 radical (unpaired) electrons. The van der Waals surface area contributed by atoms with E-state index in [2.05, 4.69) is 26.1 Å². The highest BCUT2D eigenvalue weighted by molar-refractivity contribution is 4.99. The molecule has 0 saturated heterocycles. The molecule has 2 heteroatoms. The summed E-state index contributed by atoms with van der Waals surface area (Å²) in [5, 5.41) is 12.3. The maximum atomic E-state index is 8.82. The lowest BCUT2D eigenvalue weighted by Gasteiger charge is -2.48. The lowest BCUT2D eigenvalue weighted by Crippen LogP contribution is -2.56. The predicted molar refractivity (Wildman–Crippen MR) is 55.7 cm³/mol. The van der Waals surface area contributed by atoms with Crippen LogP contribution in [0.5, 0.6) is 0 Å². The molecule has 0 aromatic rings. The zero-order valence-corrected chi connectivity index (χ0v) is 9.19. The largest absolute Gasteiger partial charge is 0.395 e. The number of aliphatic hydroxyl groups excluding tert-OH is 1. The van der Waals surface area contributed by atoms with Crippen LogP contribution in [0.25, 0.3) is 0 Å². The van der Waals surface area contributed by atoms with E-state index in [9.17, 15) is 0 Å². The SMILES string of the molecule is CC1(C)CCCCC1(C)NCCO. The highest BCUT2D eigenvalue weighted by Crippen LogP contribution is 2.43. The van der Waals surface area contributed by atoms with Crippen molar-refractivity contribution < 1.29 is 5.11 Å². The molecule has 0 aliphatic heterocycles. The molecule has 1 aliphatic rings. The Kier molecular flexibility index (Phi) is 3.36. The fraction of sp³-hybridized carbons (Fsp3) is 1.00. The fourth-order valence-corrected chi connectivity index (χ4v) is 2.32. The van der Waals surface area contributed by atoms with Crippen molar-refractivity contribution in [1.29, 1.82) is 0 Å². The second-order valence-electron chi connectivity index (χ2n) is 5.07. The van der Waals surface area contributed by atoms with E-state index in [1.807, 2.05) is 0 Å². The molecule has 1 fully saturated rings. The van der Waals surface area contributed by atoms with Gasteiger partial charge in [-0.25, -0.2) is 0 Å². The smallest absolute Gasteiger partial charge is 0.0556 e. The van der Waals surface area contributed by atoms with Gasteiger partial charge in [-0.15, -0.1) is 0 Å². The van der Waals surface area contributed by atoms with Crippen LogP contribution in [0.1, 0.15) is 46.5 Å². The molecule has 13 heavy (non-hydrogen) atoms. The minimum absolute atomic E-state index is 0.216. The minimum Gasteiger partial charge on any atom is -0.395 e. The van der Waals surface area contributed by atoms with Crippen molar-refractivity contribution in [2.45, 2.75) is 52.0 Å². The van der Waals surface area contributed by atoms with Gasteiger partial charge in [0.05, 0.1) is 6.61 Å². The maximum absolute atomic E-state index is 8.82. The van der Waals surface area contributed by atoms with Gasteiger partial charge in [-0.2, -0.15) is 0 Å². The number of β-amino-alcohol motifs (C(OH)–C–C–N with tert-alkyl or cyclic N) is 1. The second-order valence-corrected chi connectivity index (χ2v) is 5.07. The zero-order valence-electron chi connectivity index (χ0n) is 9.19. The Morgan fingerprint density at radius 3 is 2.31 bits per heavy atom. The molecule has 0 aromatic heterocycles. The molecular weight excluding hydrogens is 162 g/mol. The van der Waals surface area contributed by atoms with E-state index in [4.69, 9.17) is 5.11 Å². The summed E-state index contributed by atoms with van der Waals surface area (Å²) >= 11 is 0. The molecule has 0 spiro atoms. The van der Waals surface area contributed by atoms with Gasteiger partial charge in [-0.1, -0.05) is 26.7 Å². The van der Waals surface area contributed by atoms with Crippen LogP contribution in [0.4, 0.5) is 0 Å². The molecule has 1 unspecified atom stereocenters. The monoisotopic (exact) mass is 185 g/mol. The van der Waals surface area contributed by atoms with Crippen LogP contribution < -0.4 is 5.32 Å². The molecule has 1 rings (SSSR count). The van der Waals surface area contributed by atoms with Gasteiger partial charge in [0.1, 0.15) is 0 Å². The highest BCUT2D eigenvalue weighted by Gasteiger charge is 2.41. The van der Waals surface area contributed by atoms with Gasteiger partial charge in [0, 0.05) is 12.1 Å². The summed E-state index contributed by atoms with van der Waals surface area (Å²) < 4.78 is 0. The number of rotatable bonds is 3. The summed E-state index contributed by atoms with van der Waals surface area (Å²) in [6.07, 6.45) is 5.20. The quantitative estimate of drug-likeness (QED) is 0.704. The van der Waals surface area contributed by atoms with Gasteiger partial charge < -0.3 is 10.4 Å². The maximum Gasteiger partial charge on any atom is 0.0556 e. The Hall–Kier alpha value is -0.0800. The zero-order chi connectivity index (χ0) is 9.95. The molecule has 78 valence electrons. The summed E-state index contributed by atoms with van der Waals surface area (Å²) in [4.78, 5) is 0. The Morgan fingerprint density at radius 1 is 1.15 bits per heavy atom. The van der Waals surface area contributed by atoms with E-state index in [-0.39, 0.29) is 12.1 Å². The van der Waals surface area contributed by atoms with Crippen LogP contribution >= 0.6 is 0 Å². The van der Waals surface area contributed by atoms with E-state index in [1.54, 1.807) is 0 Å². The molecule has 1 saturated carbocycles. The predicted octanol–water partition coefficient (Wildman–Crippen LogP) is 1.93. The topological polar surface area (TPSA) is 32.3 Å². The van der Waals surface area contributed by atoms with Crippen LogP contribution in [0.15, 0.2) is 0 Å². The highest BCUT2D eigenvalue weighted by atomic mass is 16.3. The van der Waals surface area contributed by atoms with Crippen molar-refractivity contribution in [3.05, 3.63) is 0 Å². The van der Waals surface area contributed by atoms with Gasteiger partial charge >= 0.3 is 0 Å². The van der Waals surface area contributed by atoms with Crippen LogP contribution in [-0.2, 0) is 0 Å². The van der Waals surface area contributed by atoms with Crippen molar-refractivity contribution in [2.75, 3.05) is 13.2 Å². The fourth-order valence-electron chi connectivity index (χ4n) is 2.32. The standard InChI is InChI=1S/C11H23NO/c1-10(2)6-4-5-7-11(10,3)12-8-9-13/h12-13H,4-9H2,1-3H3. The number of aliphatic hydroxyl groups is 1. The molecule has 2 nitrogen and oxygen atoms in total. The molecule has 2 N–H and O–H groups in total. The van der Waals surface area contributed by atoms with Crippen molar-refractivity contribution in [3.8, 4) is 0 Å². The average molecular weight is 185 g/mol. The number of nitrogens with one attached hydrogen (secondary N) is 1. The third-order valence-electron chi connectivity index (χ3n) is 3.85. The van der Waals surface area contributed by atoms with Gasteiger partial charge in [0.25, 0.3) is 0 Å². The van der Waals surface area contributed by atoms with Crippen LogP contribution in [0.3, 0.4) is 0 Å². The summed E-state index contributed by atoms with van der Waals surface area (Å²) in [6, 6.07) is 0. The first-order chi connectivity index (χ1) is 6.02. The summed E-state index contributed by atoms with van der Waals surface area (Å²) in [6.45, 7) is 7.92. The summed E-state index contributed by atoms with van der Waals surface area (Å²) in [5.41, 5.74) is 0.578. The second kappa shape index (κ2) is 3.97. The van der Waals surface area contributed by atoms with E-state index >= 15 is 0 Å². The third-order valence-corrected chi connectivity index (χ3v) is 3.85. The van der Waals surface area contributed by atoms with Gasteiger partial charge in [-0.3, -0.25) is 0 Å². The van der Waals surface area contributed by atoms with Crippen LogP contribution in [0, 0.1) is 5.41 Å². The van der Waals surface area contributed by atoms with Crippen molar-refractivity contribution in [2.24, 2.45) is 5.41 Å². The number of hydrogen-bond donors (Lipinski definition) is 2. The first-order valence-electron chi connectivity index (χ1n) is 5.38. The van der Waals surface area contributed by atoms with E-state index in [1.165, 1.54) is 25.7 Å². The van der Waals surface area contributed by atoms with Crippen LogP contribution in [-0.4, -0.2) is 23.8 Å². The van der Waals surface area contributed by atoms with Crippen molar-refractivity contribution in [1.82, 2.24) is 5.32 Å². The lowest BCUT2D eigenvalue weighted by atomic mass is 9.64. The van der Waals surface area contributed by atoms with E-state index < -0.39 is 0 Å². The molecule has 0 aromatic carbocycles. The molecule has 0 amide bonds. The van der Waals surface area contributed by atoms with Crippen molar-refractivity contribution >= 4 is 0 Å².